The number of aliphatic carboxylic acids is 1. The van der Waals surface area contributed by atoms with Crippen LogP contribution in [0.4, 0.5) is 5.69 Å². The minimum absolute atomic E-state index is 0. The van der Waals surface area contributed by atoms with Crippen molar-refractivity contribution in [3.8, 4) is 11.1 Å². The van der Waals surface area contributed by atoms with Crippen LogP contribution in [0.1, 0.15) is 27.8 Å². The molecular formula is C46H35ClN3NiO3+. The number of carboxylic acid groups (broad SMARTS) is 1. The van der Waals surface area contributed by atoms with Gasteiger partial charge in [-0.1, -0.05) is 151 Å². The second kappa shape index (κ2) is 16.2. The molecule has 1 aliphatic rings. The number of benzene rings is 7. The van der Waals surface area contributed by atoms with Gasteiger partial charge in [0.05, 0.1) is 11.6 Å². The van der Waals surface area contributed by atoms with E-state index in [-0.39, 0.29) is 35.4 Å². The molecule has 0 aromatic heterocycles. The normalized spacial score (nSPS) is 13.3. The monoisotopic (exact) mass is 770 g/mol. The van der Waals surface area contributed by atoms with Crippen molar-refractivity contribution in [3.05, 3.63) is 190 Å². The molecular weight excluding hydrogens is 737 g/mol. The van der Waals surface area contributed by atoms with Gasteiger partial charge in [0.25, 0.3) is 0 Å². The average molecular weight is 772 g/mol. The molecule has 1 N–H and O–H groups in total. The summed E-state index contributed by atoms with van der Waals surface area (Å²) in [5.41, 5.74) is 7.51. The molecule has 54 heavy (non-hydrogen) atoms. The van der Waals surface area contributed by atoms with E-state index in [1.54, 1.807) is 18.2 Å². The summed E-state index contributed by atoms with van der Waals surface area (Å²) in [6.07, 6.45) is 0.195. The third kappa shape index (κ3) is 7.71. The zero-order chi connectivity index (χ0) is 36.3. The third-order valence-corrected chi connectivity index (χ3v) is 10.0. The molecule has 0 saturated carbocycles. The smallest absolute Gasteiger partial charge is 0.625 e. The van der Waals surface area contributed by atoms with E-state index in [4.69, 9.17) is 16.6 Å². The number of rotatable bonds is 9. The minimum Gasteiger partial charge on any atom is -0.625 e. The SMILES string of the molecule is O=C(CN1Cc2ccc3ccccc3c2-c2c(ccc3ccccc23)C1)[N-]c1ccc(Cl)cc1C(=N[C@@H](Cc1ccccc1)C(=O)O)c1ccccc1.[Ni+2]. The maximum absolute atomic E-state index is 14.0. The zero-order valence-corrected chi connectivity index (χ0v) is 30.9. The van der Waals surface area contributed by atoms with Crippen molar-refractivity contribution in [1.29, 1.82) is 0 Å². The third-order valence-electron chi connectivity index (χ3n) is 9.78. The predicted octanol–water partition coefficient (Wildman–Crippen LogP) is 10.4. The number of fused-ring (bicyclic) bond motifs is 7. The first-order valence-corrected chi connectivity index (χ1v) is 18.0. The molecule has 1 aliphatic heterocycles. The van der Waals surface area contributed by atoms with Gasteiger partial charge >= 0.3 is 22.5 Å². The van der Waals surface area contributed by atoms with Crippen molar-refractivity contribution >= 4 is 56.4 Å². The molecule has 268 valence electrons. The Morgan fingerprint density at radius 2 is 1.26 bits per heavy atom. The number of amides is 1. The van der Waals surface area contributed by atoms with Crippen molar-refractivity contribution in [3.63, 3.8) is 0 Å². The maximum Gasteiger partial charge on any atom is 2.00 e. The first kappa shape index (κ1) is 36.8. The number of hydrogen-bond donors (Lipinski definition) is 1. The van der Waals surface area contributed by atoms with E-state index in [9.17, 15) is 14.7 Å². The van der Waals surface area contributed by atoms with Gasteiger partial charge in [-0.25, -0.2) is 4.79 Å². The van der Waals surface area contributed by atoms with Crippen LogP contribution in [0.3, 0.4) is 0 Å². The molecule has 7 aromatic carbocycles. The average Bonchev–Trinajstić information content (AvgIpc) is 3.34. The summed E-state index contributed by atoms with van der Waals surface area (Å²) in [4.78, 5) is 33.6. The molecule has 0 unspecified atom stereocenters. The summed E-state index contributed by atoms with van der Waals surface area (Å²) in [5.74, 6) is -1.38. The van der Waals surface area contributed by atoms with Crippen molar-refractivity contribution in [2.75, 3.05) is 6.54 Å². The number of carbonyl (C=O) groups excluding carboxylic acids is 1. The molecule has 1 heterocycles. The number of halogens is 1. The van der Waals surface area contributed by atoms with Crippen molar-refractivity contribution in [1.82, 2.24) is 4.90 Å². The number of hydrogen-bond acceptors (Lipinski definition) is 4. The molecule has 1 amide bonds. The summed E-state index contributed by atoms with van der Waals surface area (Å²) in [5, 5.41) is 20.1. The number of carbonyl (C=O) groups is 2. The first-order valence-electron chi connectivity index (χ1n) is 17.6. The van der Waals surface area contributed by atoms with Crippen molar-refractivity contribution < 1.29 is 31.2 Å². The van der Waals surface area contributed by atoms with Gasteiger partial charge in [-0.2, -0.15) is 0 Å². The van der Waals surface area contributed by atoms with Gasteiger partial charge in [-0.05, 0) is 67.1 Å². The Kier molecular flexibility index (Phi) is 11.0. The summed E-state index contributed by atoms with van der Waals surface area (Å²) >= 11 is 6.56. The molecule has 0 radical (unpaired) electrons. The molecule has 0 fully saturated rings. The standard InChI is InChI=1S/C46H36ClN3O3.Ni/c47-36-23-24-40(39(26-36)45(33-15-5-2-6-16-33)49-41(46(52)53)25-30-11-3-1-4-12-30)48-42(51)29-50-27-34-21-19-31-13-7-9-17-37(31)43(34)44-35(28-50)22-20-32-14-8-10-18-38(32)44;/h1-24,26,41H,25,27-29H2,(H2,48,49,51,52,53);/q;+2/p-1/t41-;/m0./s1. The predicted molar refractivity (Wildman–Crippen MR) is 214 cm³/mol. The Balaban J connectivity index is 0.00000450. The second-order valence-electron chi connectivity index (χ2n) is 13.3. The van der Waals surface area contributed by atoms with E-state index in [2.05, 4.69) is 83.0 Å². The fraction of sp³-hybridized carbons (Fsp3) is 0.109. The van der Waals surface area contributed by atoms with Gasteiger partial charge in [-0.3, -0.25) is 9.89 Å². The molecule has 8 rings (SSSR count). The van der Waals surface area contributed by atoms with E-state index >= 15 is 0 Å². The van der Waals surface area contributed by atoms with Crippen LogP contribution in [0.2, 0.25) is 5.02 Å². The summed E-state index contributed by atoms with van der Waals surface area (Å²) in [6.45, 7) is 1.20. The van der Waals surface area contributed by atoms with Gasteiger partial charge in [0.2, 0.25) is 0 Å². The van der Waals surface area contributed by atoms with E-state index in [0.717, 1.165) is 16.7 Å². The van der Waals surface area contributed by atoms with Gasteiger partial charge in [-0.15, -0.1) is 5.69 Å². The van der Waals surface area contributed by atoms with Crippen molar-refractivity contribution in [2.45, 2.75) is 25.6 Å². The quantitative estimate of drug-likeness (QED) is 0.117. The van der Waals surface area contributed by atoms with Crippen molar-refractivity contribution in [2.24, 2.45) is 4.99 Å². The Labute approximate surface area is 329 Å². The molecule has 7 aromatic rings. The van der Waals surface area contributed by atoms with E-state index in [1.165, 1.54) is 32.7 Å². The fourth-order valence-electron chi connectivity index (χ4n) is 7.37. The Hall–Kier alpha value is -5.59. The Bertz CT molecular complexity index is 2440. The second-order valence-corrected chi connectivity index (χ2v) is 13.8. The van der Waals surface area contributed by atoms with Crippen LogP contribution in [0.15, 0.2) is 157 Å². The van der Waals surface area contributed by atoms with E-state index in [1.807, 2.05) is 60.7 Å². The van der Waals surface area contributed by atoms with Gasteiger partial charge in [0.1, 0.15) is 0 Å². The first-order chi connectivity index (χ1) is 25.9. The molecule has 0 spiro atoms. The summed E-state index contributed by atoms with van der Waals surface area (Å²) in [6, 6.07) is 48.4. The Morgan fingerprint density at radius 3 is 1.85 bits per heavy atom. The van der Waals surface area contributed by atoms with Crippen LogP contribution in [0.25, 0.3) is 38.0 Å². The molecule has 0 bridgehead atoms. The van der Waals surface area contributed by atoms with E-state index in [0.29, 0.717) is 40.6 Å². The van der Waals surface area contributed by atoms with Crippen LogP contribution < -0.4 is 0 Å². The van der Waals surface area contributed by atoms with Crippen LogP contribution in [0.5, 0.6) is 0 Å². The van der Waals surface area contributed by atoms with Crippen LogP contribution in [-0.2, 0) is 45.6 Å². The van der Waals surface area contributed by atoms with Crippen LogP contribution in [-0.4, -0.2) is 40.2 Å². The minimum atomic E-state index is -1.08. The van der Waals surface area contributed by atoms with Crippen LogP contribution in [0, 0.1) is 0 Å². The van der Waals surface area contributed by atoms with Gasteiger partial charge in [0, 0.05) is 36.6 Å². The zero-order valence-electron chi connectivity index (χ0n) is 29.1. The maximum atomic E-state index is 14.0. The summed E-state index contributed by atoms with van der Waals surface area (Å²) < 4.78 is 0. The van der Waals surface area contributed by atoms with E-state index < -0.39 is 12.0 Å². The fourth-order valence-corrected chi connectivity index (χ4v) is 7.54. The topological polar surface area (TPSA) is 84.1 Å². The largest absolute Gasteiger partial charge is 2.00 e. The molecule has 0 aliphatic carbocycles. The van der Waals surface area contributed by atoms with Crippen LogP contribution >= 0.6 is 11.6 Å². The number of carboxylic acids is 1. The molecule has 6 nitrogen and oxygen atoms in total. The molecule has 1 atom stereocenters. The number of aliphatic imine (C=N–C) groups is 1. The molecule has 0 saturated heterocycles. The number of nitrogens with zero attached hydrogens (tertiary/aromatic N) is 3. The Morgan fingerprint density at radius 1 is 0.704 bits per heavy atom. The molecule has 8 heteroatoms. The van der Waals surface area contributed by atoms with Gasteiger partial charge < -0.3 is 15.2 Å². The van der Waals surface area contributed by atoms with Gasteiger partial charge in [0.15, 0.2) is 6.04 Å². The summed E-state index contributed by atoms with van der Waals surface area (Å²) in [7, 11) is 0.